The fourth-order valence-corrected chi connectivity index (χ4v) is 4.07. The van der Waals surface area contributed by atoms with Gasteiger partial charge in [-0.15, -0.1) is 10.2 Å². The highest BCUT2D eigenvalue weighted by atomic mass is 16.5. The van der Waals surface area contributed by atoms with E-state index in [-0.39, 0.29) is 29.0 Å². The Balaban J connectivity index is 1.43. The molecule has 3 heterocycles. The zero-order chi connectivity index (χ0) is 25.4. The number of rotatable bonds is 5. The summed E-state index contributed by atoms with van der Waals surface area (Å²) in [4.78, 5) is 21.1. The Morgan fingerprint density at radius 1 is 1.18 bits per heavy atom. The Kier molecular flexibility index (Phi) is 4.76. The predicted molar refractivity (Wildman–Crippen MR) is 126 cm³/mol. The third kappa shape index (κ3) is 4.37. The molecule has 1 amide bonds. The fraction of sp³-hybridized carbons (Fsp3) is 0.400. The SMILES string of the molecule is [2H]C([2H])([2H])Nc1ncc(C#Cc2ccc(C3CC(OC)C3)cn2)c2cc(NC(=O)[C@H]3C[C@H]3C)nnc12. The zero-order valence-corrected chi connectivity index (χ0v) is 18.4. The zero-order valence-electron chi connectivity index (χ0n) is 21.4. The van der Waals surface area contributed by atoms with E-state index in [9.17, 15) is 4.79 Å². The van der Waals surface area contributed by atoms with E-state index in [1.807, 2.05) is 25.3 Å². The quantitative estimate of drug-likeness (QED) is 0.581. The van der Waals surface area contributed by atoms with Crippen LogP contribution in [0.3, 0.4) is 0 Å². The highest BCUT2D eigenvalue weighted by molar-refractivity contribution is 5.97. The number of carbonyl (C=O) groups excluding carboxylic acids is 1. The van der Waals surface area contributed by atoms with Gasteiger partial charge in [-0.1, -0.05) is 18.9 Å². The Morgan fingerprint density at radius 2 is 2.03 bits per heavy atom. The van der Waals surface area contributed by atoms with Crippen LogP contribution in [0.5, 0.6) is 0 Å². The summed E-state index contributed by atoms with van der Waals surface area (Å²) >= 11 is 0. The topological polar surface area (TPSA) is 102 Å². The van der Waals surface area contributed by atoms with Gasteiger partial charge in [-0.3, -0.25) is 4.79 Å². The molecule has 0 aromatic carbocycles. The first kappa shape index (κ1) is 17.9. The highest BCUT2D eigenvalue weighted by Crippen LogP contribution is 2.39. The van der Waals surface area contributed by atoms with Crippen LogP contribution in [0.25, 0.3) is 10.9 Å². The van der Waals surface area contributed by atoms with E-state index < -0.39 is 6.98 Å². The summed E-state index contributed by atoms with van der Waals surface area (Å²) in [7, 11) is 1.73. The number of carbonyl (C=O) groups is 1. The Hall–Kier alpha value is -3.57. The lowest BCUT2D eigenvalue weighted by Crippen LogP contribution is -2.28. The molecule has 2 fully saturated rings. The van der Waals surface area contributed by atoms with Crippen LogP contribution in [-0.4, -0.2) is 46.3 Å². The molecule has 0 aliphatic heterocycles. The van der Waals surface area contributed by atoms with Gasteiger partial charge in [0.05, 0.1) is 11.7 Å². The monoisotopic (exact) mass is 445 g/mol. The van der Waals surface area contributed by atoms with Gasteiger partial charge in [0.15, 0.2) is 11.6 Å². The van der Waals surface area contributed by atoms with Crippen LogP contribution < -0.4 is 10.6 Å². The second-order valence-electron chi connectivity index (χ2n) is 8.70. The molecule has 33 heavy (non-hydrogen) atoms. The molecule has 5 rings (SSSR count). The molecule has 3 aromatic rings. The summed E-state index contributed by atoms with van der Waals surface area (Å²) < 4.78 is 27.9. The number of aromatic nitrogens is 4. The standard InChI is InChI=1S/C25H26N6O2/c1-14-8-20(14)25(32)29-22-11-21-16(13-28-24(26-2)23(21)31-30-22)5-7-18-6-4-15(12-27-18)17-9-19(10-17)33-3/h4,6,11-14,17,19-20H,8-10H2,1-3H3,(H,26,28)(H,29,30,32)/t14-,17?,19?,20+/m1/s1/i2D3. The maximum Gasteiger partial charge on any atom is 0.228 e. The largest absolute Gasteiger partial charge is 0.381 e. The molecular weight excluding hydrogens is 416 g/mol. The number of ether oxygens (including phenoxy) is 1. The Morgan fingerprint density at radius 3 is 2.73 bits per heavy atom. The highest BCUT2D eigenvalue weighted by Gasteiger charge is 2.39. The molecule has 8 nitrogen and oxygen atoms in total. The van der Waals surface area contributed by atoms with E-state index in [1.54, 1.807) is 13.2 Å². The maximum atomic E-state index is 12.4. The average molecular weight is 446 g/mol. The molecule has 0 saturated heterocycles. The van der Waals surface area contributed by atoms with Crippen molar-refractivity contribution >= 4 is 28.4 Å². The van der Waals surface area contributed by atoms with Gasteiger partial charge in [0.25, 0.3) is 0 Å². The van der Waals surface area contributed by atoms with Gasteiger partial charge in [0.1, 0.15) is 11.2 Å². The van der Waals surface area contributed by atoms with Gasteiger partial charge in [-0.25, -0.2) is 9.97 Å². The summed E-state index contributed by atoms with van der Waals surface area (Å²) in [6.07, 6.45) is 6.49. The molecule has 2 atom stereocenters. The van der Waals surface area contributed by atoms with Crippen molar-refractivity contribution in [2.75, 3.05) is 24.7 Å². The minimum Gasteiger partial charge on any atom is -0.381 e. The lowest BCUT2D eigenvalue weighted by atomic mass is 9.78. The summed E-state index contributed by atoms with van der Waals surface area (Å²) in [5.74, 6) is 7.13. The van der Waals surface area contributed by atoms with Crippen LogP contribution >= 0.6 is 0 Å². The smallest absolute Gasteiger partial charge is 0.228 e. The Bertz CT molecular complexity index is 1360. The number of pyridine rings is 2. The number of hydrogen-bond donors (Lipinski definition) is 2. The third-order valence-corrected chi connectivity index (χ3v) is 6.46. The number of amides is 1. The number of hydrogen-bond acceptors (Lipinski definition) is 7. The molecule has 3 aromatic heterocycles. The van der Waals surface area contributed by atoms with Crippen molar-refractivity contribution < 1.29 is 13.6 Å². The number of methoxy groups -OCH3 is 1. The van der Waals surface area contributed by atoms with Crippen molar-refractivity contribution in [2.45, 2.75) is 38.2 Å². The predicted octanol–water partition coefficient (Wildman–Crippen LogP) is 3.35. The minimum atomic E-state index is -2.46. The van der Waals surface area contributed by atoms with Crippen LogP contribution in [0, 0.1) is 23.7 Å². The van der Waals surface area contributed by atoms with E-state index in [2.05, 4.69) is 42.6 Å². The lowest BCUT2D eigenvalue weighted by molar-refractivity contribution is -0.117. The van der Waals surface area contributed by atoms with Crippen LogP contribution in [0.2, 0.25) is 0 Å². The number of fused-ring (bicyclic) bond motifs is 1. The van der Waals surface area contributed by atoms with E-state index >= 15 is 0 Å². The summed E-state index contributed by atoms with van der Waals surface area (Å²) in [6, 6.07) is 5.55. The maximum absolute atomic E-state index is 12.4. The van der Waals surface area contributed by atoms with Gasteiger partial charge in [0.2, 0.25) is 5.91 Å². The van der Waals surface area contributed by atoms with Crippen LogP contribution in [0.15, 0.2) is 30.6 Å². The van der Waals surface area contributed by atoms with Crippen LogP contribution in [-0.2, 0) is 9.53 Å². The molecule has 2 aliphatic carbocycles. The van der Waals surface area contributed by atoms with Crippen molar-refractivity contribution in [1.29, 1.82) is 0 Å². The van der Waals surface area contributed by atoms with Crippen molar-refractivity contribution in [3.05, 3.63) is 47.4 Å². The van der Waals surface area contributed by atoms with E-state index in [4.69, 9.17) is 8.85 Å². The van der Waals surface area contributed by atoms with Crippen LogP contribution in [0.4, 0.5) is 11.6 Å². The van der Waals surface area contributed by atoms with Crippen molar-refractivity contribution in [3.8, 4) is 11.8 Å². The first-order valence-electron chi connectivity index (χ1n) is 12.5. The van der Waals surface area contributed by atoms with E-state index in [1.165, 1.54) is 11.8 Å². The second-order valence-corrected chi connectivity index (χ2v) is 8.70. The normalized spacial score (nSPS) is 25.0. The fourth-order valence-electron chi connectivity index (χ4n) is 4.07. The first-order chi connectivity index (χ1) is 17.2. The van der Waals surface area contributed by atoms with E-state index in [0.717, 1.165) is 19.3 Å². The third-order valence-electron chi connectivity index (χ3n) is 6.46. The number of anilines is 2. The van der Waals surface area contributed by atoms with Gasteiger partial charge in [0, 0.05) is 41.9 Å². The number of nitrogens with one attached hydrogen (secondary N) is 2. The molecule has 2 aliphatic rings. The second kappa shape index (κ2) is 8.75. The summed E-state index contributed by atoms with van der Waals surface area (Å²) in [5.41, 5.74) is 2.52. The summed E-state index contributed by atoms with van der Waals surface area (Å²) in [5, 5.41) is 13.9. The molecule has 168 valence electrons. The molecule has 8 heteroatoms. The van der Waals surface area contributed by atoms with Crippen molar-refractivity contribution in [3.63, 3.8) is 0 Å². The molecular formula is C25H26N6O2. The Labute approximate surface area is 196 Å². The van der Waals surface area contributed by atoms with E-state index in [0.29, 0.717) is 34.6 Å². The first-order valence-corrected chi connectivity index (χ1v) is 11.0. The summed E-state index contributed by atoms with van der Waals surface area (Å²) in [6.45, 7) is -0.440. The molecule has 0 radical (unpaired) electrons. The molecule has 0 spiro atoms. The average Bonchev–Trinajstić information content (AvgIpc) is 3.54. The lowest BCUT2D eigenvalue weighted by Gasteiger charge is -2.34. The van der Waals surface area contributed by atoms with Gasteiger partial charge in [-0.05, 0) is 54.7 Å². The van der Waals surface area contributed by atoms with Gasteiger partial charge in [-0.2, -0.15) is 0 Å². The van der Waals surface area contributed by atoms with Crippen molar-refractivity contribution in [2.24, 2.45) is 11.8 Å². The molecule has 0 unspecified atom stereocenters. The van der Waals surface area contributed by atoms with Gasteiger partial charge < -0.3 is 15.4 Å². The molecule has 2 N–H and O–H groups in total. The minimum absolute atomic E-state index is 0.0265. The van der Waals surface area contributed by atoms with Gasteiger partial charge >= 0.3 is 0 Å². The van der Waals surface area contributed by atoms with Crippen LogP contribution in [0.1, 0.15) is 53.0 Å². The number of nitrogens with zero attached hydrogens (tertiary/aromatic N) is 4. The molecule has 2 saturated carbocycles. The van der Waals surface area contributed by atoms with Crippen molar-refractivity contribution in [1.82, 2.24) is 20.2 Å². The molecule has 0 bridgehead atoms.